The molecule has 3 saturated carbocycles. The Bertz CT molecular complexity index is 894. The van der Waals surface area contributed by atoms with Crippen LogP contribution in [-0.4, -0.2) is 23.3 Å². The molecule has 4 rings (SSSR count). The van der Waals surface area contributed by atoms with Gasteiger partial charge in [-0.05, 0) is 98.4 Å². The second-order valence-electron chi connectivity index (χ2n) is 13.3. The van der Waals surface area contributed by atoms with Crippen molar-refractivity contribution in [3.05, 3.63) is 23.3 Å². The largest absolute Gasteiger partial charge is 0.395 e. The predicted molar refractivity (Wildman–Crippen MR) is 134 cm³/mol. The molecule has 0 heterocycles. The molecular weight excluding hydrogens is 408 g/mol. The first-order chi connectivity index (χ1) is 15.3. The predicted octanol–water partition coefficient (Wildman–Crippen LogP) is 6.69. The smallest absolute Gasteiger partial charge is 0.155 e. The molecule has 4 aliphatic carbocycles. The fraction of sp³-hybridized carbons (Fsp3) is 0.800. The van der Waals surface area contributed by atoms with Gasteiger partial charge in [0.05, 0.1) is 12.0 Å². The number of aliphatic hydroxyl groups is 1. The highest BCUT2D eigenvalue weighted by Crippen LogP contribution is 2.73. The Morgan fingerprint density at radius 1 is 1.15 bits per heavy atom. The van der Waals surface area contributed by atoms with E-state index in [-0.39, 0.29) is 40.3 Å². The van der Waals surface area contributed by atoms with Crippen molar-refractivity contribution in [2.75, 3.05) is 6.61 Å². The normalized spacial score (nSPS) is 45.4. The highest BCUT2D eigenvalue weighted by Gasteiger charge is 2.65. The van der Waals surface area contributed by atoms with Crippen LogP contribution in [-0.2, 0) is 9.59 Å². The monoisotopic (exact) mass is 454 g/mol. The second kappa shape index (κ2) is 8.18. The number of allylic oxidation sites excluding steroid dienone is 4. The maximum Gasteiger partial charge on any atom is 0.155 e. The quantitative estimate of drug-likeness (QED) is 0.372. The number of hydrogen-bond acceptors (Lipinski definition) is 3. The first-order valence-corrected chi connectivity index (χ1v) is 13.4. The molecule has 4 aliphatic rings. The van der Waals surface area contributed by atoms with Gasteiger partial charge in [0.1, 0.15) is 5.78 Å². The van der Waals surface area contributed by atoms with Crippen molar-refractivity contribution < 1.29 is 14.7 Å². The summed E-state index contributed by atoms with van der Waals surface area (Å²) in [7, 11) is 0. The van der Waals surface area contributed by atoms with E-state index in [0.29, 0.717) is 30.6 Å². The zero-order chi connectivity index (χ0) is 24.4. The maximum atomic E-state index is 12.9. The molecule has 3 fully saturated rings. The van der Waals surface area contributed by atoms with Crippen molar-refractivity contribution in [3.63, 3.8) is 0 Å². The number of carbonyl (C=O) groups excluding carboxylic acids is 2. The molecule has 0 aromatic rings. The van der Waals surface area contributed by atoms with Crippen molar-refractivity contribution in [2.24, 2.45) is 45.3 Å². The molecule has 0 spiro atoms. The van der Waals surface area contributed by atoms with E-state index in [1.807, 2.05) is 26.8 Å². The third-order valence-corrected chi connectivity index (χ3v) is 11.4. The van der Waals surface area contributed by atoms with E-state index in [1.54, 1.807) is 5.57 Å². The van der Waals surface area contributed by atoms with Gasteiger partial charge >= 0.3 is 0 Å². The molecule has 0 unspecified atom stereocenters. The van der Waals surface area contributed by atoms with Crippen LogP contribution in [0.1, 0.15) is 99.8 Å². The summed E-state index contributed by atoms with van der Waals surface area (Å²) >= 11 is 0. The minimum absolute atomic E-state index is 0.0315. The van der Waals surface area contributed by atoms with Crippen LogP contribution in [0.2, 0.25) is 0 Å². The van der Waals surface area contributed by atoms with Crippen molar-refractivity contribution >= 4 is 11.6 Å². The van der Waals surface area contributed by atoms with Crippen molar-refractivity contribution in [1.82, 2.24) is 0 Å². The van der Waals surface area contributed by atoms with E-state index in [1.165, 1.54) is 25.7 Å². The average molecular weight is 455 g/mol. The lowest BCUT2D eigenvalue weighted by molar-refractivity contribution is -0.153. The third kappa shape index (κ3) is 3.46. The number of carbonyl (C=O) groups is 2. The summed E-state index contributed by atoms with van der Waals surface area (Å²) in [5, 5.41) is 10.3. The second-order valence-corrected chi connectivity index (χ2v) is 13.3. The fourth-order valence-corrected chi connectivity index (χ4v) is 9.34. The molecule has 3 heteroatoms. The average Bonchev–Trinajstić information content (AvgIpc) is 3.02. The summed E-state index contributed by atoms with van der Waals surface area (Å²) < 4.78 is 0. The van der Waals surface area contributed by atoms with Crippen LogP contribution in [0, 0.1) is 45.3 Å². The topological polar surface area (TPSA) is 54.4 Å². The Kier molecular flexibility index (Phi) is 6.17. The summed E-state index contributed by atoms with van der Waals surface area (Å²) in [6, 6.07) is 0. The Labute approximate surface area is 201 Å². The van der Waals surface area contributed by atoms with Crippen LogP contribution >= 0.6 is 0 Å². The molecule has 0 aliphatic heterocycles. The van der Waals surface area contributed by atoms with Gasteiger partial charge in [-0.2, -0.15) is 0 Å². The lowest BCUT2D eigenvalue weighted by atomic mass is 9.41. The van der Waals surface area contributed by atoms with E-state index in [9.17, 15) is 14.7 Å². The van der Waals surface area contributed by atoms with E-state index in [2.05, 4.69) is 33.8 Å². The number of Topliss-reactive ketones (excluding diaryl/α,β-unsaturated/α-hetero) is 1. The molecule has 1 N–H and O–H groups in total. The van der Waals surface area contributed by atoms with Gasteiger partial charge in [0.2, 0.25) is 0 Å². The first kappa shape index (κ1) is 24.9. The summed E-state index contributed by atoms with van der Waals surface area (Å²) in [6.45, 7) is 15.7. The Morgan fingerprint density at radius 3 is 2.48 bits per heavy atom. The SMILES string of the molecule is CC(C)=CC(=O)C[C@H](C)[C@@H]1CC[C@]2(C)C3=CC[C@H]4[C@](C)(CCC(=O)[C@]4(C)CO)[C@H]3CC[C@@]12C. The summed E-state index contributed by atoms with van der Waals surface area (Å²) in [6.07, 6.45) is 12.2. The summed E-state index contributed by atoms with van der Waals surface area (Å²) in [5.74, 6) is 2.24. The first-order valence-electron chi connectivity index (χ1n) is 13.4. The van der Waals surface area contributed by atoms with E-state index < -0.39 is 5.41 Å². The van der Waals surface area contributed by atoms with Crippen LogP contribution in [0.25, 0.3) is 0 Å². The van der Waals surface area contributed by atoms with Gasteiger partial charge in [0.15, 0.2) is 5.78 Å². The van der Waals surface area contributed by atoms with E-state index in [0.717, 1.165) is 18.4 Å². The van der Waals surface area contributed by atoms with Gasteiger partial charge in [0, 0.05) is 12.8 Å². The molecule has 8 atom stereocenters. The number of rotatable bonds is 5. The van der Waals surface area contributed by atoms with Gasteiger partial charge in [-0.15, -0.1) is 0 Å². The van der Waals surface area contributed by atoms with E-state index >= 15 is 0 Å². The minimum Gasteiger partial charge on any atom is -0.395 e. The van der Waals surface area contributed by atoms with Gasteiger partial charge in [-0.3, -0.25) is 9.59 Å². The molecule has 184 valence electrons. The lowest BCUT2D eigenvalue weighted by Gasteiger charge is -2.63. The van der Waals surface area contributed by atoms with Crippen LogP contribution in [0.4, 0.5) is 0 Å². The van der Waals surface area contributed by atoms with Crippen LogP contribution in [0.3, 0.4) is 0 Å². The Morgan fingerprint density at radius 2 is 1.85 bits per heavy atom. The molecule has 0 saturated heterocycles. The van der Waals surface area contributed by atoms with Crippen molar-refractivity contribution in [2.45, 2.75) is 99.8 Å². The molecule has 0 radical (unpaired) electrons. The zero-order valence-electron chi connectivity index (χ0n) is 22.1. The number of hydrogen-bond donors (Lipinski definition) is 1. The summed E-state index contributed by atoms with van der Waals surface area (Å²) in [4.78, 5) is 25.4. The maximum absolute atomic E-state index is 12.9. The molecule has 0 amide bonds. The highest BCUT2D eigenvalue weighted by atomic mass is 16.3. The van der Waals surface area contributed by atoms with Gasteiger partial charge < -0.3 is 5.11 Å². The standard InChI is InChI=1S/C30H46O3/c1-19(2)16-21(32)17-20(3)22-10-14-30(7)24-8-9-25-27(4,23(24)11-15-29(22,30)6)13-12-26(33)28(25,5)18-31/h8,16,20,22-23,25,31H,9-15,17-18H2,1-7H3/t20-,22-,23-,25-,27+,28+,29-,30+/m0/s1. The van der Waals surface area contributed by atoms with E-state index in [4.69, 9.17) is 0 Å². The zero-order valence-corrected chi connectivity index (χ0v) is 22.1. The highest BCUT2D eigenvalue weighted by molar-refractivity contribution is 5.90. The Hall–Kier alpha value is -1.22. The number of ketones is 2. The van der Waals surface area contributed by atoms with Crippen molar-refractivity contribution in [1.29, 1.82) is 0 Å². The van der Waals surface area contributed by atoms with Crippen LogP contribution < -0.4 is 0 Å². The van der Waals surface area contributed by atoms with Crippen LogP contribution in [0.5, 0.6) is 0 Å². The molecule has 0 aromatic heterocycles. The molecule has 0 bridgehead atoms. The van der Waals surface area contributed by atoms with Gasteiger partial charge in [-0.1, -0.05) is 51.8 Å². The fourth-order valence-electron chi connectivity index (χ4n) is 9.34. The Balaban J connectivity index is 1.65. The molecule has 0 aromatic carbocycles. The summed E-state index contributed by atoms with van der Waals surface area (Å²) in [5.41, 5.74) is 2.60. The molecule has 33 heavy (non-hydrogen) atoms. The molecular formula is C30H46O3. The third-order valence-electron chi connectivity index (χ3n) is 11.4. The lowest BCUT2D eigenvalue weighted by Crippen LogP contribution is -2.58. The number of aliphatic hydroxyl groups excluding tert-OH is 1. The van der Waals surface area contributed by atoms with Crippen molar-refractivity contribution in [3.8, 4) is 0 Å². The molecule has 3 nitrogen and oxygen atoms in total. The van der Waals surface area contributed by atoms with Gasteiger partial charge in [-0.25, -0.2) is 0 Å². The van der Waals surface area contributed by atoms with Gasteiger partial charge in [0.25, 0.3) is 0 Å². The van der Waals surface area contributed by atoms with Crippen LogP contribution in [0.15, 0.2) is 23.3 Å². The number of fused-ring (bicyclic) bond motifs is 5. The minimum atomic E-state index is -0.602.